The summed E-state index contributed by atoms with van der Waals surface area (Å²) in [6.45, 7) is 1.56. The van der Waals surface area contributed by atoms with E-state index in [2.05, 4.69) is 4.98 Å². The van der Waals surface area contributed by atoms with Crippen LogP contribution >= 0.6 is 11.3 Å². The zero-order chi connectivity index (χ0) is 27.2. The highest BCUT2D eigenvalue weighted by atomic mass is 32.2. The molecule has 0 aliphatic carbocycles. The number of aryl methyl sites for hydroxylation is 1. The van der Waals surface area contributed by atoms with Gasteiger partial charge in [0.25, 0.3) is 5.91 Å². The number of rotatable bonds is 6. The lowest BCUT2D eigenvalue weighted by Crippen LogP contribution is -2.62. The number of carbonyl (C=O) groups is 1. The van der Waals surface area contributed by atoms with Gasteiger partial charge in [-0.25, -0.2) is 18.1 Å². The van der Waals surface area contributed by atoms with Crippen LogP contribution < -0.4 is 36.9 Å². The van der Waals surface area contributed by atoms with Gasteiger partial charge in [-0.2, -0.15) is 5.26 Å². The van der Waals surface area contributed by atoms with Crippen molar-refractivity contribution >= 4 is 120 Å². The van der Waals surface area contributed by atoms with Crippen molar-refractivity contribution in [1.82, 2.24) is 9.71 Å². The van der Waals surface area contributed by atoms with Gasteiger partial charge in [-0.05, 0) is 36.5 Å². The second-order valence-electron chi connectivity index (χ2n) is 7.87. The molecule has 0 bridgehead atoms. The molecule has 7 nitrogen and oxygen atoms in total. The Kier molecular flexibility index (Phi) is 7.68. The van der Waals surface area contributed by atoms with E-state index in [4.69, 9.17) is 54.9 Å². The highest BCUT2D eigenvalue weighted by Gasteiger charge is 2.35. The minimum Gasteiger partial charge on any atom is -0.325 e. The molecule has 162 valence electrons. The van der Waals surface area contributed by atoms with E-state index < -0.39 is 21.3 Å². The Morgan fingerprint density at radius 1 is 1.03 bits per heavy atom. The second-order valence-corrected chi connectivity index (χ2v) is 10.8. The first kappa shape index (κ1) is 27.8. The molecule has 0 saturated heterocycles. The lowest BCUT2D eigenvalue weighted by atomic mass is 9.48. The van der Waals surface area contributed by atoms with Crippen LogP contribution in [0.15, 0.2) is 24.3 Å². The minimum atomic E-state index is -3.86. The molecule has 1 aromatic heterocycles. The molecule has 0 aliphatic rings. The van der Waals surface area contributed by atoms with Crippen LogP contribution in [-0.2, 0) is 15.4 Å². The maximum atomic E-state index is 12.5. The van der Waals surface area contributed by atoms with Crippen molar-refractivity contribution in [2.45, 2.75) is 12.3 Å². The molecule has 3 rings (SSSR count). The van der Waals surface area contributed by atoms with Gasteiger partial charge < -0.3 is 4.90 Å². The maximum Gasteiger partial charge on any atom is 0.284 e. The zero-order valence-corrected chi connectivity index (χ0v) is 20.9. The SMILES string of the molecule is [B]c1c([B])c([B])c(C([B])([B])N(c2ccc(C#N)cc2)c2nc(C(=O)NS(C)(=O)=O)c(C)s2)c([B])c1[B]. The summed E-state index contributed by atoms with van der Waals surface area (Å²) in [6.07, 6.45) is 0.836. The molecule has 16 heteroatoms. The highest BCUT2D eigenvalue weighted by Crippen LogP contribution is 2.38. The molecule has 1 heterocycles. The third kappa shape index (κ3) is 5.18. The number of amides is 1. The lowest BCUT2D eigenvalue weighted by molar-refractivity contribution is 0.0977. The van der Waals surface area contributed by atoms with Gasteiger partial charge in [0, 0.05) is 10.6 Å². The number of hydrogen-bond donors (Lipinski definition) is 1. The van der Waals surface area contributed by atoms with Crippen molar-refractivity contribution < 1.29 is 13.2 Å². The highest BCUT2D eigenvalue weighted by molar-refractivity contribution is 7.89. The molecule has 0 saturated carbocycles. The van der Waals surface area contributed by atoms with Crippen LogP contribution in [0.25, 0.3) is 0 Å². The normalized spacial score (nSPS) is 11.6. The largest absolute Gasteiger partial charge is 0.325 e. The predicted octanol–water partition coefficient (Wildman–Crippen LogP) is -3.73. The lowest BCUT2D eigenvalue weighted by Gasteiger charge is -2.44. The number of carbonyl (C=O) groups excluding carboxylic acids is 1. The Morgan fingerprint density at radius 2 is 1.53 bits per heavy atom. The van der Waals surface area contributed by atoms with Gasteiger partial charge in [0.1, 0.15) is 44.9 Å². The van der Waals surface area contributed by atoms with E-state index in [1.807, 2.05) is 10.8 Å². The quantitative estimate of drug-likeness (QED) is 0.353. The summed E-state index contributed by atoms with van der Waals surface area (Å²) in [6, 6.07) is 8.09. The fraction of sp³-hybridized carbons (Fsp3) is 0.150. The molecular weight excluding hydrogens is 484 g/mol. The smallest absolute Gasteiger partial charge is 0.284 e. The number of thiazole rings is 1. The van der Waals surface area contributed by atoms with Crippen LogP contribution in [0.5, 0.6) is 0 Å². The van der Waals surface area contributed by atoms with E-state index in [9.17, 15) is 18.5 Å². The Bertz CT molecular complexity index is 1490. The van der Waals surface area contributed by atoms with Crippen molar-refractivity contribution in [1.29, 1.82) is 5.26 Å². The average Bonchev–Trinajstić information content (AvgIpc) is 3.16. The number of sulfonamides is 1. The molecule has 1 amide bonds. The molecule has 0 atom stereocenters. The predicted molar refractivity (Wildman–Crippen MR) is 149 cm³/mol. The van der Waals surface area contributed by atoms with Crippen molar-refractivity contribution in [3.05, 3.63) is 46.0 Å². The van der Waals surface area contributed by atoms with Crippen LogP contribution in [0, 0.1) is 18.3 Å². The van der Waals surface area contributed by atoms with E-state index >= 15 is 0 Å². The van der Waals surface area contributed by atoms with Crippen molar-refractivity contribution in [2.75, 3.05) is 11.2 Å². The first-order valence-corrected chi connectivity index (χ1v) is 12.7. The zero-order valence-electron chi connectivity index (χ0n) is 19.2. The van der Waals surface area contributed by atoms with Crippen molar-refractivity contribution in [3.8, 4) is 6.07 Å². The van der Waals surface area contributed by atoms with Gasteiger partial charge in [-0.15, -0.1) is 38.7 Å². The standard InChI is InChI=1S/C20H11B7N4O3S2/c1-8-17(18(32)30-36(2,33)34)29-19(35-8)31(10-5-3-9(7-28)4-6-10)20(26,27)11-12(21)14(23)16(25)15(24)13(11)22/h3-6H,1-2H3,(H,30,32). The van der Waals surface area contributed by atoms with Crippen molar-refractivity contribution in [3.63, 3.8) is 0 Å². The van der Waals surface area contributed by atoms with Crippen molar-refractivity contribution in [2.24, 2.45) is 0 Å². The first-order valence-electron chi connectivity index (χ1n) is 9.99. The van der Waals surface area contributed by atoms with E-state index in [1.54, 1.807) is 6.92 Å². The van der Waals surface area contributed by atoms with E-state index in [0.717, 1.165) is 17.6 Å². The molecule has 0 spiro atoms. The number of anilines is 2. The first-order chi connectivity index (χ1) is 16.6. The summed E-state index contributed by atoms with van der Waals surface area (Å²) in [5, 5.41) is 7.19. The number of benzene rings is 2. The fourth-order valence-corrected chi connectivity index (χ4v) is 4.89. The third-order valence-corrected chi connectivity index (χ3v) is 6.71. The monoisotopic (exact) mass is 496 g/mol. The Labute approximate surface area is 223 Å². The summed E-state index contributed by atoms with van der Waals surface area (Å²) in [4.78, 5) is 18.5. The van der Waals surface area contributed by atoms with Crippen LogP contribution in [-0.4, -0.2) is 80.5 Å². The molecule has 3 aromatic rings. The summed E-state index contributed by atoms with van der Waals surface area (Å²) in [5.74, 6) is -0.947. The van der Waals surface area contributed by atoms with Gasteiger partial charge in [0.15, 0.2) is 5.13 Å². The van der Waals surface area contributed by atoms with Gasteiger partial charge in [0.2, 0.25) is 10.0 Å². The summed E-state index contributed by atoms with van der Waals surface area (Å²) >= 11 is 0.992. The topological polar surface area (TPSA) is 103 Å². The summed E-state index contributed by atoms with van der Waals surface area (Å²) in [7, 11) is 39.8. The second kappa shape index (κ2) is 9.94. The number of nitriles is 1. The molecule has 36 heavy (non-hydrogen) atoms. The van der Waals surface area contributed by atoms with Gasteiger partial charge in [0.05, 0.1) is 33.6 Å². The molecule has 2 aromatic carbocycles. The number of hydrogen-bond acceptors (Lipinski definition) is 7. The Balaban J connectivity index is 2.30. The molecule has 0 unspecified atom stereocenters. The maximum absolute atomic E-state index is 12.5. The molecule has 0 aliphatic heterocycles. The van der Waals surface area contributed by atoms with Gasteiger partial charge >= 0.3 is 0 Å². The fourth-order valence-electron chi connectivity index (χ4n) is 3.47. The number of nitrogens with one attached hydrogen (secondary N) is 1. The van der Waals surface area contributed by atoms with Gasteiger partial charge in [-0.1, -0.05) is 5.56 Å². The molecular formula is C20H11B7N4O3S2. The third-order valence-electron chi connectivity index (χ3n) is 5.19. The Morgan fingerprint density at radius 3 is 2.00 bits per heavy atom. The van der Waals surface area contributed by atoms with Crippen LogP contribution in [0.3, 0.4) is 0 Å². The van der Waals surface area contributed by atoms with Crippen LogP contribution in [0.1, 0.15) is 26.5 Å². The van der Waals surface area contributed by atoms with Crippen LogP contribution in [0.2, 0.25) is 0 Å². The number of aromatic nitrogens is 1. The molecule has 14 radical (unpaired) electrons. The summed E-state index contributed by atoms with van der Waals surface area (Å²) in [5.41, 5.74) is -0.00659. The average molecular weight is 495 g/mol. The van der Waals surface area contributed by atoms with E-state index in [1.165, 1.54) is 29.2 Å². The Hall–Kier alpha value is -2.77. The minimum absolute atomic E-state index is 0.0423. The van der Waals surface area contributed by atoms with Crippen LogP contribution in [0.4, 0.5) is 10.8 Å². The van der Waals surface area contributed by atoms with E-state index in [0.29, 0.717) is 16.1 Å². The molecule has 1 N–H and O–H groups in total. The number of nitrogens with zero attached hydrogens (tertiary/aromatic N) is 3. The van der Waals surface area contributed by atoms with E-state index in [-0.39, 0.29) is 43.7 Å². The molecule has 0 fully saturated rings. The summed E-state index contributed by atoms with van der Waals surface area (Å²) < 4.78 is 25.0. The van der Waals surface area contributed by atoms with Gasteiger partial charge in [-0.3, -0.25) is 4.79 Å².